The van der Waals surface area contributed by atoms with Crippen molar-refractivity contribution >= 4 is 40.5 Å². The highest BCUT2D eigenvalue weighted by atomic mass is 35.5. The summed E-state index contributed by atoms with van der Waals surface area (Å²) in [5.41, 5.74) is 0.956. The monoisotopic (exact) mass is 370 g/mol. The molecule has 0 saturated carbocycles. The van der Waals surface area contributed by atoms with Crippen LogP contribution in [0.25, 0.3) is 0 Å². The molecule has 0 aliphatic carbocycles. The van der Waals surface area contributed by atoms with Crippen LogP contribution in [0.4, 0.5) is 0 Å². The summed E-state index contributed by atoms with van der Waals surface area (Å²) < 4.78 is 0. The molecule has 1 aromatic heterocycles. The van der Waals surface area contributed by atoms with Crippen molar-refractivity contribution < 1.29 is 0 Å². The molecule has 7 heteroatoms. The van der Waals surface area contributed by atoms with E-state index in [1.807, 2.05) is 24.4 Å². The van der Waals surface area contributed by atoms with Gasteiger partial charge < -0.3 is 10.6 Å². The van der Waals surface area contributed by atoms with Crippen molar-refractivity contribution in [3.8, 4) is 0 Å². The summed E-state index contributed by atoms with van der Waals surface area (Å²) >= 11 is 14.1. The predicted octanol–water partition coefficient (Wildman–Crippen LogP) is 3.71. The maximum atomic E-state index is 6.17. The molecule has 0 unspecified atom stereocenters. The zero-order valence-electron chi connectivity index (χ0n) is 13.2. The maximum Gasteiger partial charge on any atom is 0.191 e. The van der Waals surface area contributed by atoms with Gasteiger partial charge in [0.25, 0.3) is 0 Å². The number of guanidine groups is 1. The highest BCUT2D eigenvalue weighted by Crippen LogP contribution is 2.24. The molecule has 2 aromatic rings. The summed E-state index contributed by atoms with van der Waals surface area (Å²) in [6.07, 6.45) is 3.53. The van der Waals surface area contributed by atoms with E-state index in [1.165, 1.54) is 4.88 Å². The Hall–Kier alpha value is -1.30. The van der Waals surface area contributed by atoms with Crippen molar-refractivity contribution in [1.29, 1.82) is 0 Å². The van der Waals surface area contributed by atoms with E-state index in [0.29, 0.717) is 16.6 Å². The number of halogens is 2. The molecule has 0 aliphatic rings. The number of aryl methyl sites for hydroxylation is 1. The van der Waals surface area contributed by atoms with Gasteiger partial charge in [-0.05, 0) is 31.0 Å². The Balaban J connectivity index is 1.75. The van der Waals surface area contributed by atoms with Crippen molar-refractivity contribution in [3.63, 3.8) is 0 Å². The average molecular weight is 371 g/mol. The second-order valence-electron chi connectivity index (χ2n) is 4.99. The summed E-state index contributed by atoms with van der Waals surface area (Å²) in [4.78, 5) is 9.80. The third-order valence-electron chi connectivity index (χ3n) is 3.25. The van der Waals surface area contributed by atoms with Crippen LogP contribution in [0.2, 0.25) is 10.0 Å². The summed E-state index contributed by atoms with van der Waals surface area (Å²) in [6, 6.07) is 5.56. The van der Waals surface area contributed by atoms with Gasteiger partial charge in [-0.2, -0.15) is 0 Å². The second-order valence-corrected chi connectivity index (χ2v) is 7.12. The Morgan fingerprint density at radius 3 is 2.39 bits per heavy atom. The van der Waals surface area contributed by atoms with Crippen molar-refractivity contribution in [3.05, 3.63) is 49.9 Å². The predicted molar refractivity (Wildman–Crippen MR) is 100 cm³/mol. The van der Waals surface area contributed by atoms with Crippen molar-refractivity contribution in [1.82, 2.24) is 15.6 Å². The van der Waals surface area contributed by atoms with Crippen LogP contribution in [0.3, 0.4) is 0 Å². The van der Waals surface area contributed by atoms with Crippen LogP contribution in [0.15, 0.2) is 29.4 Å². The molecule has 0 fully saturated rings. The molecule has 0 bridgehead atoms. The lowest BCUT2D eigenvalue weighted by atomic mass is 10.1. The van der Waals surface area contributed by atoms with Crippen LogP contribution in [0, 0.1) is 6.92 Å². The van der Waals surface area contributed by atoms with Gasteiger partial charge in [0.2, 0.25) is 0 Å². The Morgan fingerprint density at radius 2 is 1.83 bits per heavy atom. The van der Waals surface area contributed by atoms with E-state index in [2.05, 4.69) is 27.5 Å². The van der Waals surface area contributed by atoms with Crippen LogP contribution in [-0.4, -0.2) is 31.1 Å². The fourth-order valence-corrected chi connectivity index (χ4v) is 3.48. The van der Waals surface area contributed by atoms with E-state index in [-0.39, 0.29) is 0 Å². The summed E-state index contributed by atoms with van der Waals surface area (Å²) in [6.45, 7) is 3.56. The lowest BCUT2D eigenvalue weighted by Crippen LogP contribution is -2.39. The Labute approximate surface area is 151 Å². The molecule has 4 nitrogen and oxygen atoms in total. The molecule has 2 rings (SSSR count). The standard InChI is InChI=1S/C16H20Cl2N4S/c1-11-10-22-15(23-11)7-9-21-16(19-2)20-8-6-12-13(17)4-3-5-14(12)18/h3-5,10H,6-9H2,1-2H3,(H2,19,20,21). The van der Waals surface area contributed by atoms with E-state index in [1.54, 1.807) is 18.4 Å². The zero-order chi connectivity index (χ0) is 16.7. The molecular formula is C16H20Cl2N4S. The highest BCUT2D eigenvalue weighted by Gasteiger charge is 2.06. The molecule has 0 aliphatic heterocycles. The van der Waals surface area contributed by atoms with Gasteiger partial charge in [0, 0.05) is 47.7 Å². The van der Waals surface area contributed by atoms with Crippen LogP contribution in [0.5, 0.6) is 0 Å². The van der Waals surface area contributed by atoms with E-state index >= 15 is 0 Å². The number of nitrogens with zero attached hydrogens (tertiary/aromatic N) is 2. The van der Waals surface area contributed by atoms with Crippen LogP contribution < -0.4 is 10.6 Å². The molecule has 0 radical (unpaired) electrons. The number of hydrogen-bond donors (Lipinski definition) is 2. The molecular weight excluding hydrogens is 351 g/mol. The molecule has 0 atom stereocenters. The number of thiazole rings is 1. The average Bonchev–Trinajstić information content (AvgIpc) is 2.94. The van der Waals surface area contributed by atoms with Crippen LogP contribution >= 0.6 is 34.5 Å². The molecule has 0 amide bonds. The van der Waals surface area contributed by atoms with Gasteiger partial charge in [0.1, 0.15) is 0 Å². The Morgan fingerprint density at radius 1 is 1.17 bits per heavy atom. The Kier molecular flexibility index (Phi) is 7.15. The van der Waals surface area contributed by atoms with Crippen LogP contribution in [0.1, 0.15) is 15.4 Å². The van der Waals surface area contributed by atoms with Crippen molar-refractivity contribution in [2.24, 2.45) is 4.99 Å². The summed E-state index contributed by atoms with van der Waals surface area (Å²) in [7, 11) is 1.76. The number of aromatic nitrogens is 1. The highest BCUT2D eigenvalue weighted by molar-refractivity contribution is 7.11. The van der Waals surface area contributed by atoms with Gasteiger partial charge >= 0.3 is 0 Å². The quantitative estimate of drug-likeness (QED) is 0.601. The number of rotatable bonds is 6. The minimum atomic E-state index is 0.696. The number of nitrogens with one attached hydrogen (secondary N) is 2. The first kappa shape index (κ1) is 18.0. The normalized spacial score (nSPS) is 11.6. The molecule has 1 heterocycles. The van der Waals surface area contributed by atoms with Gasteiger partial charge in [-0.25, -0.2) is 4.98 Å². The van der Waals surface area contributed by atoms with Gasteiger partial charge in [-0.3, -0.25) is 4.99 Å². The number of aliphatic imine (C=N–C) groups is 1. The topological polar surface area (TPSA) is 49.3 Å². The van der Waals surface area contributed by atoms with E-state index in [9.17, 15) is 0 Å². The summed E-state index contributed by atoms with van der Waals surface area (Å²) in [5.74, 6) is 0.765. The third-order valence-corrected chi connectivity index (χ3v) is 4.93. The van der Waals surface area contributed by atoms with Crippen molar-refractivity contribution in [2.75, 3.05) is 20.1 Å². The maximum absolute atomic E-state index is 6.17. The van der Waals surface area contributed by atoms with Gasteiger partial charge in [-0.15, -0.1) is 11.3 Å². The Bertz CT molecular complexity index is 650. The molecule has 124 valence electrons. The minimum absolute atomic E-state index is 0.696. The lowest BCUT2D eigenvalue weighted by Gasteiger charge is -2.12. The van der Waals surface area contributed by atoms with E-state index in [0.717, 1.165) is 35.9 Å². The number of benzene rings is 1. The largest absolute Gasteiger partial charge is 0.356 e. The minimum Gasteiger partial charge on any atom is -0.356 e. The summed E-state index contributed by atoms with van der Waals surface area (Å²) in [5, 5.41) is 9.07. The zero-order valence-corrected chi connectivity index (χ0v) is 15.5. The van der Waals surface area contributed by atoms with E-state index < -0.39 is 0 Å². The molecule has 0 saturated heterocycles. The molecule has 2 N–H and O–H groups in total. The van der Waals surface area contributed by atoms with Gasteiger partial charge in [0.05, 0.1) is 5.01 Å². The fourth-order valence-electron chi connectivity index (χ4n) is 2.10. The van der Waals surface area contributed by atoms with Gasteiger partial charge in [-0.1, -0.05) is 29.3 Å². The second kappa shape index (κ2) is 9.11. The SMILES string of the molecule is CN=C(NCCc1ncc(C)s1)NCCc1c(Cl)cccc1Cl. The molecule has 1 aromatic carbocycles. The molecule has 23 heavy (non-hydrogen) atoms. The van der Waals surface area contributed by atoms with Gasteiger partial charge in [0.15, 0.2) is 5.96 Å². The fraction of sp³-hybridized carbons (Fsp3) is 0.375. The third kappa shape index (κ3) is 5.68. The van der Waals surface area contributed by atoms with E-state index in [4.69, 9.17) is 23.2 Å². The lowest BCUT2D eigenvalue weighted by molar-refractivity contribution is 0.782. The first-order valence-electron chi connectivity index (χ1n) is 7.39. The first-order valence-corrected chi connectivity index (χ1v) is 8.96. The van der Waals surface area contributed by atoms with Crippen molar-refractivity contribution in [2.45, 2.75) is 19.8 Å². The first-order chi connectivity index (χ1) is 11.1. The smallest absolute Gasteiger partial charge is 0.191 e. The number of hydrogen-bond acceptors (Lipinski definition) is 3. The molecule has 0 spiro atoms. The van der Waals surface area contributed by atoms with Crippen LogP contribution in [-0.2, 0) is 12.8 Å².